The van der Waals surface area contributed by atoms with Crippen LogP contribution in [-0.2, 0) is 6.42 Å². The summed E-state index contributed by atoms with van der Waals surface area (Å²) in [6, 6.07) is 7.79. The van der Waals surface area contributed by atoms with Gasteiger partial charge in [0.05, 0.1) is 6.61 Å². The third-order valence-electron chi connectivity index (χ3n) is 1.91. The van der Waals surface area contributed by atoms with E-state index in [2.05, 4.69) is 6.58 Å². The maximum atomic E-state index is 8.72. The molecule has 0 atom stereocenters. The van der Waals surface area contributed by atoms with Gasteiger partial charge in [-0.1, -0.05) is 18.2 Å². The molecule has 0 aliphatic rings. The zero-order chi connectivity index (χ0) is 10.2. The van der Waals surface area contributed by atoms with Crippen LogP contribution in [0.2, 0.25) is 0 Å². The largest absolute Gasteiger partial charge is 0.493 e. The summed E-state index contributed by atoms with van der Waals surface area (Å²) in [5.41, 5.74) is 1.13. The van der Waals surface area contributed by atoms with Gasteiger partial charge in [0.1, 0.15) is 5.75 Å². The summed E-state index contributed by atoms with van der Waals surface area (Å²) in [5.74, 6) is 0.869. The molecule has 14 heavy (non-hydrogen) atoms. The van der Waals surface area contributed by atoms with Crippen molar-refractivity contribution in [1.29, 1.82) is 0 Å². The van der Waals surface area contributed by atoms with Crippen molar-refractivity contribution >= 4 is 0 Å². The van der Waals surface area contributed by atoms with Crippen molar-refractivity contribution in [2.24, 2.45) is 0 Å². The van der Waals surface area contributed by atoms with E-state index in [1.807, 2.05) is 30.3 Å². The molecule has 1 aromatic carbocycles. The number of hydrogen-bond donors (Lipinski definition) is 1. The molecule has 0 spiro atoms. The molecular weight excluding hydrogens is 176 g/mol. The molecule has 0 unspecified atom stereocenters. The predicted octanol–water partition coefficient (Wildman–Crippen LogP) is 2.18. The SMILES string of the molecule is C=CCCOc1ccc(CCO)cc1. The second-order valence-corrected chi connectivity index (χ2v) is 3.04. The highest BCUT2D eigenvalue weighted by molar-refractivity contribution is 5.27. The van der Waals surface area contributed by atoms with Crippen molar-refractivity contribution in [2.45, 2.75) is 12.8 Å². The minimum absolute atomic E-state index is 0.191. The Labute approximate surface area is 84.8 Å². The summed E-state index contributed by atoms with van der Waals surface area (Å²) in [5, 5.41) is 8.72. The molecule has 1 aromatic rings. The van der Waals surface area contributed by atoms with Gasteiger partial charge in [0.15, 0.2) is 0 Å². The number of benzene rings is 1. The molecule has 0 saturated heterocycles. The third kappa shape index (κ3) is 3.62. The Morgan fingerprint density at radius 2 is 2.00 bits per heavy atom. The molecule has 1 rings (SSSR count). The van der Waals surface area contributed by atoms with Crippen LogP contribution in [0, 0.1) is 0 Å². The van der Waals surface area contributed by atoms with Crippen LogP contribution in [-0.4, -0.2) is 18.3 Å². The minimum atomic E-state index is 0.191. The molecule has 0 aliphatic heterocycles. The molecule has 0 amide bonds. The van der Waals surface area contributed by atoms with Gasteiger partial charge in [-0.3, -0.25) is 0 Å². The maximum absolute atomic E-state index is 8.72. The van der Waals surface area contributed by atoms with E-state index in [-0.39, 0.29) is 6.61 Å². The van der Waals surface area contributed by atoms with Gasteiger partial charge >= 0.3 is 0 Å². The zero-order valence-electron chi connectivity index (χ0n) is 8.28. The lowest BCUT2D eigenvalue weighted by Crippen LogP contribution is -1.96. The number of aliphatic hydroxyl groups excluding tert-OH is 1. The Bertz CT molecular complexity index is 264. The first-order valence-electron chi connectivity index (χ1n) is 4.80. The van der Waals surface area contributed by atoms with Crippen LogP contribution in [0.15, 0.2) is 36.9 Å². The maximum Gasteiger partial charge on any atom is 0.119 e. The molecular formula is C12H16O2. The van der Waals surface area contributed by atoms with E-state index in [9.17, 15) is 0 Å². The highest BCUT2D eigenvalue weighted by atomic mass is 16.5. The van der Waals surface area contributed by atoms with E-state index in [1.165, 1.54) is 0 Å². The van der Waals surface area contributed by atoms with Crippen molar-refractivity contribution in [3.8, 4) is 5.75 Å². The van der Waals surface area contributed by atoms with E-state index in [4.69, 9.17) is 9.84 Å². The lowest BCUT2D eigenvalue weighted by Gasteiger charge is -2.05. The Morgan fingerprint density at radius 1 is 1.29 bits per heavy atom. The first-order chi connectivity index (χ1) is 6.86. The van der Waals surface area contributed by atoms with Gasteiger partial charge in [-0.05, 0) is 30.5 Å². The van der Waals surface area contributed by atoms with Crippen LogP contribution in [0.25, 0.3) is 0 Å². The average molecular weight is 192 g/mol. The molecule has 1 N–H and O–H groups in total. The smallest absolute Gasteiger partial charge is 0.119 e. The standard InChI is InChI=1S/C12H16O2/c1-2-3-10-14-12-6-4-11(5-7-12)8-9-13/h2,4-7,13H,1,3,8-10H2. The molecule has 2 heteroatoms. The van der Waals surface area contributed by atoms with E-state index in [0.29, 0.717) is 13.0 Å². The Hall–Kier alpha value is -1.28. The van der Waals surface area contributed by atoms with Crippen molar-refractivity contribution in [3.05, 3.63) is 42.5 Å². The minimum Gasteiger partial charge on any atom is -0.493 e. The van der Waals surface area contributed by atoms with Crippen LogP contribution >= 0.6 is 0 Å². The Kier molecular flexibility index (Phi) is 4.79. The molecule has 0 aromatic heterocycles. The van der Waals surface area contributed by atoms with Gasteiger partial charge in [-0.2, -0.15) is 0 Å². The average Bonchev–Trinajstić information content (AvgIpc) is 2.21. The predicted molar refractivity (Wildman–Crippen MR) is 57.5 cm³/mol. The fraction of sp³-hybridized carbons (Fsp3) is 0.333. The van der Waals surface area contributed by atoms with Crippen molar-refractivity contribution in [3.63, 3.8) is 0 Å². The zero-order valence-corrected chi connectivity index (χ0v) is 8.28. The van der Waals surface area contributed by atoms with Crippen LogP contribution in [0.5, 0.6) is 5.75 Å². The lowest BCUT2D eigenvalue weighted by molar-refractivity contribution is 0.299. The number of ether oxygens (including phenoxy) is 1. The lowest BCUT2D eigenvalue weighted by atomic mass is 10.1. The summed E-state index contributed by atoms with van der Waals surface area (Å²) in [7, 11) is 0. The summed E-state index contributed by atoms with van der Waals surface area (Å²) in [4.78, 5) is 0. The molecule has 0 saturated carbocycles. The van der Waals surface area contributed by atoms with Gasteiger partial charge in [-0.15, -0.1) is 6.58 Å². The number of hydrogen-bond acceptors (Lipinski definition) is 2. The highest BCUT2D eigenvalue weighted by Gasteiger charge is 1.94. The van der Waals surface area contributed by atoms with Crippen LogP contribution in [0.4, 0.5) is 0 Å². The van der Waals surface area contributed by atoms with E-state index >= 15 is 0 Å². The number of rotatable bonds is 6. The molecule has 0 fully saturated rings. The normalized spacial score (nSPS) is 9.79. The quantitative estimate of drug-likeness (QED) is 0.553. The Balaban J connectivity index is 2.42. The van der Waals surface area contributed by atoms with E-state index in [1.54, 1.807) is 0 Å². The first kappa shape index (κ1) is 10.8. The van der Waals surface area contributed by atoms with Gasteiger partial charge in [0.2, 0.25) is 0 Å². The van der Waals surface area contributed by atoms with Crippen LogP contribution in [0.1, 0.15) is 12.0 Å². The van der Waals surface area contributed by atoms with Crippen LogP contribution in [0.3, 0.4) is 0 Å². The molecule has 0 heterocycles. The summed E-state index contributed by atoms with van der Waals surface area (Å²) in [6.07, 6.45) is 3.39. The highest BCUT2D eigenvalue weighted by Crippen LogP contribution is 2.12. The summed E-state index contributed by atoms with van der Waals surface area (Å²) in [6.45, 7) is 4.48. The van der Waals surface area contributed by atoms with Gasteiger partial charge in [0.25, 0.3) is 0 Å². The fourth-order valence-corrected chi connectivity index (χ4v) is 1.14. The molecule has 0 bridgehead atoms. The topological polar surface area (TPSA) is 29.5 Å². The first-order valence-corrected chi connectivity index (χ1v) is 4.80. The van der Waals surface area contributed by atoms with Crippen molar-refractivity contribution in [2.75, 3.05) is 13.2 Å². The third-order valence-corrected chi connectivity index (χ3v) is 1.91. The van der Waals surface area contributed by atoms with E-state index in [0.717, 1.165) is 17.7 Å². The number of aliphatic hydroxyl groups is 1. The van der Waals surface area contributed by atoms with Crippen molar-refractivity contribution in [1.82, 2.24) is 0 Å². The second kappa shape index (κ2) is 6.22. The fourth-order valence-electron chi connectivity index (χ4n) is 1.14. The van der Waals surface area contributed by atoms with Gasteiger partial charge < -0.3 is 9.84 Å². The van der Waals surface area contributed by atoms with Crippen LogP contribution < -0.4 is 4.74 Å². The summed E-state index contributed by atoms with van der Waals surface area (Å²) >= 11 is 0. The monoisotopic (exact) mass is 192 g/mol. The molecule has 0 radical (unpaired) electrons. The van der Waals surface area contributed by atoms with Crippen molar-refractivity contribution < 1.29 is 9.84 Å². The van der Waals surface area contributed by atoms with E-state index < -0.39 is 0 Å². The Morgan fingerprint density at radius 3 is 2.57 bits per heavy atom. The molecule has 2 nitrogen and oxygen atoms in total. The van der Waals surface area contributed by atoms with Gasteiger partial charge in [0, 0.05) is 6.61 Å². The summed E-state index contributed by atoms with van der Waals surface area (Å²) < 4.78 is 5.45. The molecule has 76 valence electrons. The van der Waals surface area contributed by atoms with Gasteiger partial charge in [-0.25, -0.2) is 0 Å². The second-order valence-electron chi connectivity index (χ2n) is 3.04. The molecule has 0 aliphatic carbocycles.